The molecule has 9 heteroatoms. The molecule has 3 N–H and O–H groups in total. The number of nitrogens with one attached hydrogen (secondary N) is 3. The lowest BCUT2D eigenvalue weighted by Crippen LogP contribution is -2.45. The number of aromatic amines is 1. The van der Waals surface area contributed by atoms with E-state index in [-0.39, 0.29) is 18.7 Å². The summed E-state index contributed by atoms with van der Waals surface area (Å²) in [4.78, 5) is 37.9. The Morgan fingerprint density at radius 3 is 2.76 bits per heavy atom. The van der Waals surface area contributed by atoms with E-state index < -0.39 is 22.8 Å². The van der Waals surface area contributed by atoms with Gasteiger partial charge in [0, 0.05) is 41.3 Å². The molecule has 1 atom stereocenters. The van der Waals surface area contributed by atoms with Gasteiger partial charge < -0.3 is 20.4 Å². The van der Waals surface area contributed by atoms with Crippen LogP contribution in [0, 0.1) is 10.1 Å². The first kappa shape index (κ1) is 19.9. The number of nitrogens with zero attached hydrogens (tertiary/aromatic N) is 1. The molecule has 1 heterocycles. The molecular weight excluding hydrogens is 376 g/mol. The molecule has 9 nitrogen and oxygen atoms in total. The minimum absolute atomic E-state index is 0.0813. The number of rotatable bonds is 8. The number of aromatic nitrogens is 1. The van der Waals surface area contributed by atoms with E-state index in [0.717, 1.165) is 16.5 Å². The molecule has 0 unspecified atom stereocenters. The molecule has 0 bridgehead atoms. The molecule has 0 fully saturated rings. The number of carbonyl (C=O) groups is 2. The van der Waals surface area contributed by atoms with Gasteiger partial charge in [-0.05, 0) is 17.7 Å². The van der Waals surface area contributed by atoms with Crippen molar-refractivity contribution < 1.29 is 19.2 Å². The minimum Gasteiger partial charge on any atom is -0.467 e. The Morgan fingerprint density at radius 1 is 1.21 bits per heavy atom. The predicted molar refractivity (Wildman–Crippen MR) is 108 cm³/mol. The summed E-state index contributed by atoms with van der Waals surface area (Å²) in [7, 11) is 1.26. The zero-order chi connectivity index (χ0) is 20.8. The Labute approximate surface area is 166 Å². The third-order valence-corrected chi connectivity index (χ3v) is 4.43. The van der Waals surface area contributed by atoms with Gasteiger partial charge >= 0.3 is 5.97 Å². The number of ether oxygens (including phenoxy) is 1. The average Bonchev–Trinajstić information content (AvgIpc) is 3.14. The van der Waals surface area contributed by atoms with Crippen molar-refractivity contribution in [1.29, 1.82) is 0 Å². The van der Waals surface area contributed by atoms with E-state index in [0.29, 0.717) is 5.69 Å². The first-order valence-electron chi connectivity index (χ1n) is 8.88. The van der Waals surface area contributed by atoms with Gasteiger partial charge in [-0.15, -0.1) is 0 Å². The van der Waals surface area contributed by atoms with Gasteiger partial charge in [-0.1, -0.05) is 24.3 Å². The fourth-order valence-electron chi connectivity index (χ4n) is 3.01. The number of H-pyrrole nitrogens is 1. The summed E-state index contributed by atoms with van der Waals surface area (Å²) >= 11 is 0. The SMILES string of the molecule is COC(=O)[C@@H](Cc1c[nH]c2ccccc12)NC(=O)CNc1cccc([N+](=O)[O-])c1. The molecule has 3 rings (SSSR count). The van der Waals surface area contributed by atoms with E-state index in [4.69, 9.17) is 4.74 Å². The molecule has 2 aromatic carbocycles. The summed E-state index contributed by atoms with van der Waals surface area (Å²) in [5, 5.41) is 17.3. The summed E-state index contributed by atoms with van der Waals surface area (Å²) in [6.07, 6.45) is 2.06. The van der Waals surface area contributed by atoms with Crippen LogP contribution in [0.15, 0.2) is 54.7 Å². The molecule has 0 saturated carbocycles. The van der Waals surface area contributed by atoms with Gasteiger partial charge in [-0.2, -0.15) is 0 Å². The van der Waals surface area contributed by atoms with E-state index in [1.54, 1.807) is 12.3 Å². The van der Waals surface area contributed by atoms with Gasteiger partial charge in [-0.3, -0.25) is 14.9 Å². The fraction of sp³-hybridized carbons (Fsp3) is 0.200. The predicted octanol–water partition coefficient (Wildman–Crippen LogP) is 2.39. The molecule has 0 radical (unpaired) electrons. The normalized spacial score (nSPS) is 11.6. The zero-order valence-corrected chi connectivity index (χ0v) is 15.7. The minimum atomic E-state index is -0.862. The van der Waals surface area contributed by atoms with Gasteiger partial charge in [0.1, 0.15) is 6.04 Å². The van der Waals surface area contributed by atoms with Crippen molar-refractivity contribution in [3.63, 3.8) is 0 Å². The number of amides is 1. The fourth-order valence-corrected chi connectivity index (χ4v) is 3.01. The summed E-state index contributed by atoms with van der Waals surface area (Å²) in [6.45, 7) is -0.150. The van der Waals surface area contributed by atoms with Crippen LogP contribution < -0.4 is 10.6 Å². The molecule has 150 valence electrons. The standard InChI is InChI=1S/C20H20N4O5/c1-29-20(26)18(9-13-11-22-17-8-3-2-7-16(13)17)23-19(25)12-21-14-5-4-6-15(10-14)24(27)28/h2-8,10-11,18,21-22H,9,12H2,1H3,(H,23,25)/t18-/m1/s1. The third-order valence-electron chi connectivity index (χ3n) is 4.43. The lowest BCUT2D eigenvalue weighted by Gasteiger charge is -2.17. The van der Waals surface area contributed by atoms with E-state index in [1.807, 2.05) is 24.3 Å². The van der Waals surface area contributed by atoms with Gasteiger partial charge in [-0.25, -0.2) is 4.79 Å². The van der Waals surface area contributed by atoms with Crippen molar-refractivity contribution >= 4 is 34.2 Å². The Bertz CT molecular complexity index is 1050. The highest BCUT2D eigenvalue weighted by Gasteiger charge is 2.23. The van der Waals surface area contributed by atoms with Crippen molar-refractivity contribution in [3.05, 3.63) is 70.4 Å². The molecule has 3 aromatic rings. The highest BCUT2D eigenvalue weighted by molar-refractivity contribution is 5.88. The summed E-state index contributed by atoms with van der Waals surface area (Å²) in [5.41, 5.74) is 2.16. The molecule has 0 aliphatic rings. The lowest BCUT2D eigenvalue weighted by molar-refractivity contribution is -0.384. The molecule has 0 saturated heterocycles. The summed E-state index contributed by atoms with van der Waals surface area (Å²) in [5.74, 6) is -0.995. The van der Waals surface area contributed by atoms with Crippen LogP contribution in [0.25, 0.3) is 10.9 Å². The van der Waals surface area contributed by atoms with Crippen molar-refractivity contribution in [3.8, 4) is 0 Å². The lowest BCUT2D eigenvalue weighted by atomic mass is 10.0. The highest BCUT2D eigenvalue weighted by Crippen LogP contribution is 2.19. The second-order valence-corrected chi connectivity index (χ2v) is 6.37. The molecule has 0 spiro atoms. The number of nitro benzene ring substituents is 1. The van der Waals surface area contributed by atoms with Crippen LogP contribution in [0.5, 0.6) is 0 Å². The van der Waals surface area contributed by atoms with E-state index in [1.165, 1.54) is 25.3 Å². The van der Waals surface area contributed by atoms with Gasteiger partial charge in [0.25, 0.3) is 5.69 Å². The molecule has 29 heavy (non-hydrogen) atoms. The van der Waals surface area contributed by atoms with Gasteiger partial charge in [0.05, 0.1) is 18.6 Å². The number of anilines is 1. The van der Waals surface area contributed by atoms with Crippen LogP contribution in [0.4, 0.5) is 11.4 Å². The Balaban J connectivity index is 1.65. The summed E-state index contributed by atoms with van der Waals surface area (Å²) < 4.78 is 4.82. The highest BCUT2D eigenvalue weighted by atomic mass is 16.6. The average molecular weight is 396 g/mol. The van der Waals surface area contributed by atoms with Crippen molar-refractivity contribution in [2.75, 3.05) is 19.0 Å². The first-order chi connectivity index (χ1) is 14.0. The number of esters is 1. The zero-order valence-electron chi connectivity index (χ0n) is 15.7. The second-order valence-electron chi connectivity index (χ2n) is 6.37. The number of nitro groups is 1. The van der Waals surface area contributed by atoms with Gasteiger partial charge in [0.2, 0.25) is 5.91 Å². The van der Waals surface area contributed by atoms with E-state index >= 15 is 0 Å². The number of non-ortho nitro benzene ring substituents is 1. The van der Waals surface area contributed by atoms with Crippen LogP contribution >= 0.6 is 0 Å². The first-order valence-corrected chi connectivity index (χ1v) is 8.88. The smallest absolute Gasteiger partial charge is 0.328 e. The molecular formula is C20H20N4O5. The summed E-state index contributed by atoms with van der Waals surface area (Å²) in [6, 6.07) is 12.6. The van der Waals surface area contributed by atoms with E-state index in [9.17, 15) is 19.7 Å². The maximum absolute atomic E-state index is 12.3. The number of hydrogen-bond acceptors (Lipinski definition) is 6. The van der Waals surface area contributed by atoms with Crippen molar-refractivity contribution in [2.24, 2.45) is 0 Å². The third kappa shape index (κ3) is 4.89. The molecule has 0 aliphatic heterocycles. The van der Waals surface area contributed by atoms with Crippen LogP contribution in [0.3, 0.4) is 0 Å². The van der Waals surface area contributed by atoms with Crippen LogP contribution in [0.1, 0.15) is 5.56 Å². The number of hydrogen-bond donors (Lipinski definition) is 3. The molecule has 1 aromatic heterocycles. The Morgan fingerprint density at radius 2 is 2.00 bits per heavy atom. The molecule has 0 aliphatic carbocycles. The quantitative estimate of drug-likeness (QED) is 0.305. The van der Waals surface area contributed by atoms with Crippen LogP contribution in [0.2, 0.25) is 0 Å². The maximum Gasteiger partial charge on any atom is 0.328 e. The molecule has 1 amide bonds. The van der Waals surface area contributed by atoms with Crippen LogP contribution in [-0.4, -0.2) is 41.5 Å². The number of para-hydroxylation sites is 1. The van der Waals surface area contributed by atoms with E-state index in [2.05, 4.69) is 15.6 Å². The number of fused-ring (bicyclic) bond motifs is 1. The van der Waals surface area contributed by atoms with Crippen molar-refractivity contribution in [1.82, 2.24) is 10.3 Å². The number of carbonyl (C=O) groups excluding carboxylic acids is 2. The second kappa shape index (κ2) is 8.87. The topological polar surface area (TPSA) is 126 Å². The monoisotopic (exact) mass is 396 g/mol. The number of benzene rings is 2. The Hall–Kier alpha value is -3.88. The maximum atomic E-state index is 12.3. The van der Waals surface area contributed by atoms with Crippen molar-refractivity contribution in [2.45, 2.75) is 12.5 Å². The van der Waals surface area contributed by atoms with Gasteiger partial charge in [0.15, 0.2) is 0 Å². The van der Waals surface area contributed by atoms with Crippen LogP contribution in [-0.2, 0) is 20.7 Å². The number of methoxy groups -OCH3 is 1. The largest absolute Gasteiger partial charge is 0.467 e. The Kier molecular flexibility index (Phi) is 6.08.